The topological polar surface area (TPSA) is 221 Å². The van der Waals surface area contributed by atoms with Gasteiger partial charge in [-0.3, -0.25) is 38.4 Å². The van der Waals surface area contributed by atoms with E-state index in [1.807, 2.05) is 33.2 Å². The fraction of sp³-hybridized carbons (Fsp3) is 0.806. The highest BCUT2D eigenvalue weighted by atomic mass is 16.5. The van der Waals surface area contributed by atoms with Crippen molar-refractivity contribution in [2.24, 2.45) is 63.9 Å². The third-order valence-electron chi connectivity index (χ3n) is 20.9. The number of amides is 7. The van der Waals surface area contributed by atoms with E-state index in [-0.39, 0.29) is 61.6 Å². The molecule has 0 aromatic carbocycles. The number of nitrogens with one attached hydrogen (secondary N) is 3. The summed E-state index contributed by atoms with van der Waals surface area (Å²) in [5, 5.41) is 8.42. The van der Waals surface area contributed by atoms with E-state index < -0.39 is 65.7 Å². The molecule has 0 aromatic rings. The molecular formula is C62H98N8O9. The van der Waals surface area contributed by atoms with Gasteiger partial charge in [-0.05, 0) is 180 Å². The van der Waals surface area contributed by atoms with Crippen molar-refractivity contribution in [1.82, 2.24) is 35.6 Å². The molecule has 0 bridgehead atoms. The quantitative estimate of drug-likeness (QED) is 0.0853. The number of carbonyl (C=O) groups is 8. The first-order valence-electron chi connectivity index (χ1n) is 31.0. The van der Waals surface area contributed by atoms with Crippen molar-refractivity contribution < 1.29 is 43.1 Å². The highest BCUT2D eigenvalue weighted by molar-refractivity contribution is 6.00. The summed E-state index contributed by atoms with van der Waals surface area (Å²) in [6, 6.07) is -4.85. The number of hydrogen-bond donors (Lipinski definition) is 4. The SMILES string of the molecule is CC(C)CCC[C@@H](C)[C@H]1CC[C@H]2[C@@H]3CCC4CC(OC(=O)CNC(=O)[C@@H]5CCCN5C(=O)[C@H](CC(C)C)NC(=O)[C@H](CCC(N)=O)NC(=O)[C@@H]5CCCN5C(=O)[C@@H]5CCCN5C(=O)C5=CN(C)C=CC5)CC[C@]4(C)[C@H]3CC[C@]12C. The lowest BCUT2D eigenvalue weighted by Gasteiger charge is -2.61. The number of fused-ring (bicyclic) bond motifs is 5. The Morgan fingerprint density at radius 3 is 2.08 bits per heavy atom. The molecule has 79 heavy (non-hydrogen) atoms. The van der Waals surface area contributed by atoms with Crippen molar-refractivity contribution in [3.63, 3.8) is 0 Å². The standard InChI is InChI=1S/C62H98N8O9/c1-38(2)14-9-15-40(5)45-22-23-46-44-21-20-42-35-43(26-28-61(42,6)47(44)27-29-62(45,46)7)79-54(72)36-64-56(74)50-17-11-31-68(50)59(77)49(34-39(3)4)66-55(73)48(24-25-53(63)71)65-57(75)51-18-12-32-69(51)60(78)52-19-13-33-70(52)58(76)41-16-10-30-67(8)37-41/h10,30,37-40,42-52H,9,11-29,31-36H2,1-8H3,(H2,63,71)(H,64,74)(H,65,75)(H,66,73)/t40-,42?,43?,44+,45-,46+,47+,48+,49+,50+,51+,52+,61+,62-/m1/s1. The molecule has 3 saturated heterocycles. The lowest BCUT2D eigenvalue weighted by molar-refractivity contribution is -0.162. The van der Waals surface area contributed by atoms with E-state index in [1.54, 1.807) is 16.0 Å². The van der Waals surface area contributed by atoms with Gasteiger partial charge in [0.15, 0.2) is 0 Å². The first-order valence-corrected chi connectivity index (χ1v) is 31.0. The van der Waals surface area contributed by atoms with Gasteiger partial charge in [0.2, 0.25) is 35.4 Å². The Balaban J connectivity index is 0.828. The molecule has 8 rings (SSSR count). The zero-order chi connectivity index (χ0) is 56.9. The Labute approximate surface area is 471 Å². The summed E-state index contributed by atoms with van der Waals surface area (Å²) in [5.74, 6) is 1.27. The summed E-state index contributed by atoms with van der Waals surface area (Å²) in [5.41, 5.74) is 6.81. The second-order valence-electron chi connectivity index (χ2n) is 27.0. The molecule has 0 aromatic heterocycles. The van der Waals surface area contributed by atoms with Gasteiger partial charge in [0.05, 0.1) is 0 Å². The fourth-order valence-corrected chi connectivity index (χ4v) is 16.9. The van der Waals surface area contributed by atoms with Crippen LogP contribution in [0, 0.1) is 58.2 Å². The third kappa shape index (κ3) is 13.5. The minimum atomic E-state index is -1.27. The Bertz CT molecular complexity index is 2320. The lowest BCUT2D eigenvalue weighted by Crippen LogP contribution is -2.59. The highest BCUT2D eigenvalue weighted by Crippen LogP contribution is 2.68. The van der Waals surface area contributed by atoms with Crippen molar-refractivity contribution in [2.45, 2.75) is 226 Å². The number of esters is 1. The Morgan fingerprint density at radius 2 is 1.38 bits per heavy atom. The first-order chi connectivity index (χ1) is 37.6. The molecule has 7 amide bonds. The third-order valence-corrected chi connectivity index (χ3v) is 20.9. The van der Waals surface area contributed by atoms with E-state index in [0.29, 0.717) is 74.9 Å². The number of likely N-dealkylation sites (tertiary alicyclic amines) is 3. The van der Waals surface area contributed by atoms with Crippen molar-refractivity contribution in [3.05, 3.63) is 24.0 Å². The number of rotatable bonds is 21. The number of carbonyl (C=O) groups excluding carboxylic acids is 8. The van der Waals surface area contributed by atoms with Crippen LogP contribution < -0.4 is 21.7 Å². The Hall–Kier alpha value is -4.96. The molecule has 8 aliphatic rings. The molecule has 5 N–H and O–H groups in total. The summed E-state index contributed by atoms with van der Waals surface area (Å²) in [6.45, 7) is 16.9. The largest absolute Gasteiger partial charge is 0.461 e. The van der Waals surface area contributed by atoms with E-state index in [2.05, 4.69) is 50.6 Å². The molecule has 4 saturated carbocycles. The van der Waals surface area contributed by atoms with Gasteiger partial charge in [-0.1, -0.05) is 73.8 Å². The van der Waals surface area contributed by atoms with Gasteiger partial charge < -0.3 is 46.0 Å². The molecule has 4 heterocycles. The van der Waals surface area contributed by atoms with Crippen LogP contribution in [0.3, 0.4) is 0 Å². The van der Waals surface area contributed by atoms with Gasteiger partial charge in [0.25, 0.3) is 5.91 Å². The van der Waals surface area contributed by atoms with E-state index in [1.165, 1.54) is 67.6 Å². The van der Waals surface area contributed by atoms with Crippen LogP contribution in [0.4, 0.5) is 0 Å². The highest BCUT2D eigenvalue weighted by Gasteiger charge is 2.61. The van der Waals surface area contributed by atoms with Crippen LogP contribution in [0.2, 0.25) is 0 Å². The molecule has 2 unspecified atom stereocenters. The van der Waals surface area contributed by atoms with Crippen molar-refractivity contribution in [2.75, 3.05) is 33.2 Å². The minimum absolute atomic E-state index is 0.0614. The summed E-state index contributed by atoms with van der Waals surface area (Å²) >= 11 is 0. The normalized spacial score (nSPS) is 32.4. The van der Waals surface area contributed by atoms with Crippen molar-refractivity contribution in [1.29, 1.82) is 0 Å². The zero-order valence-corrected chi connectivity index (χ0v) is 49.2. The fourth-order valence-electron chi connectivity index (χ4n) is 16.9. The first kappa shape index (κ1) is 60.1. The number of primary amides is 1. The summed E-state index contributed by atoms with van der Waals surface area (Å²) in [7, 11) is 1.84. The zero-order valence-electron chi connectivity index (χ0n) is 49.2. The maximum absolute atomic E-state index is 14.5. The van der Waals surface area contributed by atoms with E-state index in [4.69, 9.17) is 10.5 Å². The predicted octanol–water partition coefficient (Wildman–Crippen LogP) is 7.12. The molecule has 0 radical (unpaired) electrons. The molecule has 440 valence electrons. The molecule has 4 aliphatic carbocycles. The molecule has 17 nitrogen and oxygen atoms in total. The number of allylic oxidation sites excluding steroid dienone is 1. The van der Waals surface area contributed by atoms with Crippen molar-refractivity contribution >= 4 is 47.3 Å². The number of nitrogens with zero attached hydrogens (tertiary/aromatic N) is 4. The predicted molar refractivity (Wildman–Crippen MR) is 302 cm³/mol. The van der Waals surface area contributed by atoms with Crippen LogP contribution >= 0.6 is 0 Å². The second kappa shape index (κ2) is 25.9. The lowest BCUT2D eigenvalue weighted by atomic mass is 9.44. The maximum Gasteiger partial charge on any atom is 0.325 e. The smallest absolute Gasteiger partial charge is 0.325 e. The minimum Gasteiger partial charge on any atom is -0.461 e. The molecule has 0 spiro atoms. The summed E-state index contributed by atoms with van der Waals surface area (Å²) in [6.07, 6.45) is 23.2. The molecular weight excluding hydrogens is 1000 g/mol. The molecule has 4 aliphatic heterocycles. The van der Waals surface area contributed by atoms with Gasteiger partial charge in [0, 0.05) is 44.9 Å². The van der Waals surface area contributed by atoms with Gasteiger partial charge >= 0.3 is 5.97 Å². The van der Waals surface area contributed by atoms with Crippen LogP contribution in [-0.2, 0) is 43.1 Å². The molecule has 7 fully saturated rings. The summed E-state index contributed by atoms with van der Waals surface area (Å²) in [4.78, 5) is 116. The Morgan fingerprint density at radius 1 is 0.709 bits per heavy atom. The van der Waals surface area contributed by atoms with Gasteiger partial charge in [-0.15, -0.1) is 0 Å². The number of nitrogens with two attached hydrogens (primary N) is 1. The second-order valence-corrected chi connectivity index (χ2v) is 27.0. The maximum atomic E-state index is 14.5. The van der Waals surface area contributed by atoms with Crippen LogP contribution in [0.1, 0.15) is 190 Å². The van der Waals surface area contributed by atoms with E-state index >= 15 is 0 Å². The van der Waals surface area contributed by atoms with Gasteiger partial charge in [-0.25, -0.2) is 0 Å². The summed E-state index contributed by atoms with van der Waals surface area (Å²) < 4.78 is 6.12. The van der Waals surface area contributed by atoms with Crippen LogP contribution in [-0.4, -0.2) is 136 Å². The number of ether oxygens (including phenoxy) is 1. The van der Waals surface area contributed by atoms with Gasteiger partial charge in [-0.2, -0.15) is 0 Å². The van der Waals surface area contributed by atoms with E-state index in [9.17, 15) is 38.4 Å². The average molecular weight is 1100 g/mol. The molecule has 17 heteroatoms. The van der Waals surface area contributed by atoms with Crippen LogP contribution in [0.25, 0.3) is 0 Å². The number of hydrogen-bond acceptors (Lipinski definition) is 10. The van der Waals surface area contributed by atoms with Gasteiger partial charge in [0.1, 0.15) is 42.9 Å². The van der Waals surface area contributed by atoms with Crippen LogP contribution in [0.5, 0.6) is 0 Å². The van der Waals surface area contributed by atoms with E-state index in [0.717, 1.165) is 54.8 Å². The van der Waals surface area contributed by atoms with Crippen molar-refractivity contribution in [3.8, 4) is 0 Å². The Kier molecular flexibility index (Phi) is 19.7. The van der Waals surface area contributed by atoms with Crippen LogP contribution in [0.15, 0.2) is 24.0 Å². The molecule has 14 atom stereocenters. The average Bonchev–Trinajstić information content (AvgIpc) is 4.27. The monoisotopic (exact) mass is 1100 g/mol.